The summed E-state index contributed by atoms with van der Waals surface area (Å²) in [5, 5.41) is 0.475. The lowest BCUT2D eigenvalue weighted by molar-refractivity contribution is -0.119. The van der Waals surface area contributed by atoms with Crippen LogP contribution in [0.3, 0.4) is 0 Å². The molecule has 0 bridgehead atoms. The minimum absolute atomic E-state index is 0.0461. The third kappa shape index (κ3) is 4.87. The highest BCUT2D eigenvalue weighted by molar-refractivity contribution is 6.33. The first-order valence-corrected chi connectivity index (χ1v) is 9.52. The number of rotatable bonds is 4. The highest BCUT2D eigenvalue weighted by Gasteiger charge is 2.23. The molecule has 0 radical (unpaired) electrons. The maximum Gasteiger partial charge on any atom is 0.255 e. The van der Waals surface area contributed by atoms with Crippen LogP contribution < -0.4 is 4.90 Å². The summed E-state index contributed by atoms with van der Waals surface area (Å²) in [6.45, 7) is 3.07. The van der Waals surface area contributed by atoms with Crippen molar-refractivity contribution in [2.45, 2.75) is 6.42 Å². The standard InChI is InChI=1S/C21H24ClN3O2/c1-23(17-8-3-2-4-9-17)20(26)16-24-12-7-13-25(15-14-24)21(27)18-10-5-6-11-19(18)22/h2-6,8-11H,7,12-16H2,1H3. The second-order valence-corrected chi connectivity index (χ2v) is 7.10. The van der Waals surface area contributed by atoms with E-state index in [1.165, 1.54) is 0 Å². The number of hydrogen-bond acceptors (Lipinski definition) is 3. The summed E-state index contributed by atoms with van der Waals surface area (Å²) in [4.78, 5) is 31.0. The molecule has 0 atom stereocenters. The van der Waals surface area contributed by atoms with Crippen molar-refractivity contribution in [2.75, 3.05) is 44.7 Å². The lowest BCUT2D eigenvalue weighted by atomic mass is 10.2. The molecule has 142 valence electrons. The first-order valence-electron chi connectivity index (χ1n) is 9.14. The highest BCUT2D eigenvalue weighted by atomic mass is 35.5. The first kappa shape index (κ1) is 19.4. The Morgan fingerprint density at radius 1 is 0.963 bits per heavy atom. The van der Waals surface area contributed by atoms with Gasteiger partial charge in [-0.3, -0.25) is 14.5 Å². The summed E-state index contributed by atoms with van der Waals surface area (Å²) in [5.41, 5.74) is 1.42. The largest absolute Gasteiger partial charge is 0.337 e. The second kappa shape index (κ2) is 9.02. The maximum absolute atomic E-state index is 12.7. The molecule has 2 amide bonds. The van der Waals surface area contributed by atoms with Crippen LogP contribution >= 0.6 is 11.6 Å². The van der Waals surface area contributed by atoms with Crippen LogP contribution in [0.4, 0.5) is 5.69 Å². The van der Waals surface area contributed by atoms with E-state index in [4.69, 9.17) is 11.6 Å². The number of likely N-dealkylation sites (N-methyl/N-ethyl adjacent to an activating group) is 1. The minimum Gasteiger partial charge on any atom is -0.337 e. The smallest absolute Gasteiger partial charge is 0.255 e. The Kier molecular flexibility index (Phi) is 6.48. The van der Waals surface area contributed by atoms with Crippen molar-refractivity contribution in [3.63, 3.8) is 0 Å². The van der Waals surface area contributed by atoms with Crippen LogP contribution in [-0.4, -0.2) is 61.4 Å². The number of carbonyl (C=O) groups excluding carboxylic acids is 2. The van der Waals surface area contributed by atoms with Gasteiger partial charge in [-0.15, -0.1) is 0 Å². The van der Waals surface area contributed by atoms with Crippen LogP contribution in [0.25, 0.3) is 0 Å². The van der Waals surface area contributed by atoms with Gasteiger partial charge < -0.3 is 9.80 Å². The quantitative estimate of drug-likeness (QED) is 0.812. The molecule has 1 aliphatic rings. The minimum atomic E-state index is -0.0461. The third-order valence-electron chi connectivity index (χ3n) is 4.86. The average molecular weight is 386 g/mol. The Balaban J connectivity index is 1.58. The third-order valence-corrected chi connectivity index (χ3v) is 5.19. The molecule has 0 aliphatic carbocycles. The normalized spacial score (nSPS) is 15.3. The Morgan fingerprint density at radius 2 is 1.67 bits per heavy atom. The van der Waals surface area contributed by atoms with Gasteiger partial charge in [0.1, 0.15) is 0 Å². The molecule has 0 saturated carbocycles. The predicted octanol–water partition coefficient (Wildman–Crippen LogP) is 3.15. The number of halogens is 1. The van der Waals surface area contributed by atoms with E-state index in [0.29, 0.717) is 36.8 Å². The van der Waals surface area contributed by atoms with Gasteiger partial charge in [0.2, 0.25) is 5.91 Å². The number of benzene rings is 2. The maximum atomic E-state index is 12.7. The van der Waals surface area contributed by atoms with Gasteiger partial charge in [0.25, 0.3) is 5.91 Å². The summed E-state index contributed by atoms with van der Waals surface area (Å²) in [5.74, 6) is 0.00209. The number of amides is 2. The monoisotopic (exact) mass is 385 g/mol. The molecule has 1 heterocycles. The molecular weight excluding hydrogens is 362 g/mol. The topological polar surface area (TPSA) is 43.9 Å². The molecule has 2 aromatic carbocycles. The van der Waals surface area contributed by atoms with Crippen molar-refractivity contribution in [3.8, 4) is 0 Å². The van der Waals surface area contributed by atoms with Gasteiger partial charge in [0, 0.05) is 38.9 Å². The van der Waals surface area contributed by atoms with Crippen molar-refractivity contribution in [1.82, 2.24) is 9.80 Å². The van der Waals surface area contributed by atoms with E-state index in [-0.39, 0.29) is 11.8 Å². The van der Waals surface area contributed by atoms with E-state index in [9.17, 15) is 9.59 Å². The van der Waals surface area contributed by atoms with Gasteiger partial charge in [-0.25, -0.2) is 0 Å². The number of hydrogen-bond donors (Lipinski definition) is 0. The number of nitrogens with zero attached hydrogens (tertiary/aromatic N) is 3. The molecule has 0 spiro atoms. The number of para-hydroxylation sites is 1. The summed E-state index contributed by atoms with van der Waals surface area (Å²) in [7, 11) is 1.79. The van der Waals surface area contributed by atoms with E-state index in [1.807, 2.05) is 47.4 Å². The molecule has 27 heavy (non-hydrogen) atoms. The molecule has 3 rings (SSSR count). The molecule has 6 heteroatoms. The Hall–Kier alpha value is -2.37. The van der Waals surface area contributed by atoms with Crippen molar-refractivity contribution in [2.24, 2.45) is 0 Å². The van der Waals surface area contributed by atoms with E-state index < -0.39 is 0 Å². The molecule has 5 nitrogen and oxygen atoms in total. The van der Waals surface area contributed by atoms with Crippen LogP contribution in [0.5, 0.6) is 0 Å². The fourth-order valence-corrected chi connectivity index (χ4v) is 3.45. The summed E-state index contributed by atoms with van der Waals surface area (Å²) >= 11 is 6.16. The van der Waals surface area contributed by atoms with Crippen LogP contribution in [0.2, 0.25) is 5.02 Å². The van der Waals surface area contributed by atoms with Gasteiger partial charge in [-0.05, 0) is 30.7 Å². The highest BCUT2D eigenvalue weighted by Crippen LogP contribution is 2.18. The van der Waals surface area contributed by atoms with Gasteiger partial charge >= 0.3 is 0 Å². The lowest BCUT2D eigenvalue weighted by Gasteiger charge is -2.24. The molecule has 0 unspecified atom stereocenters. The molecular formula is C21H24ClN3O2. The molecule has 1 fully saturated rings. The SMILES string of the molecule is CN(C(=O)CN1CCCN(C(=O)c2ccccc2Cl)CC1)c1ccccc1. The van der Waals surface area contributed by atoms with Gasteiger partial charge in [-0.1, -0.05) is 41.9 Å². The van der Waals surface area contributed by atoms with Gasteiger partial charge in [0.15, 0.2) is 0 Å². The van der Waals surface area contributed by atoms with Gasteiger partial charge in [0.05, 0.1) is 17.1 Å². The average Bonchev–Trinajstić information content (AvgIpc) is 2.93. The van der Waals surface area contributed by atoms with E-state index in [2.05, 4.69) is 4.90 Å². The zero-order chi connectivity index (χ0) is 19.2. The van der Waals surface area contributed by atoms with Crippen LogP contribution in [0.1, 0.15) is 16.8 Å². The lowest BCUT2D eigenvalue weighted by Crippen LogP contribution is -2.40. The van der Waals surface area contributed by atoms with Crippen molar-refractivity contribution in [1.29, 1.82) is 0 Å². The molecule has 0 N–H and O–H groups in total. The zero-order valence-corrected chi connectivity index (χ0v) is 16.2. The summed E-state index contributed by atoms with van der Waals surface area (Å²) < 4.78 is 0. The number of anilines is 1. The first-order chi connectivity index (χ1) is 13.1. The second-order valence-electron chi connectivity index (χ2n) is 6.69. The molecule has 1 aliphatic heterocycles. The fraction of sp³-hybridized carbons (Fsp3) is 0.333. The van der Waals surface area contributed by atoms with Crippen molar-refractivity contribution < 1.29 is 9.59 Å². The van der Waals surface area contributed by atoms with Crippen LogP contribution in [-0.2, 0) is 4.79 Å². The molecule has 1 saturated heterocycles. The zero-order valence-electron chi connectivity index (χ0n) is 15.5. The van der Waals surface area contributed by atoms with Crippen LogP contribution in [0.15, 0.2) is 54.6 Å². The van der Waals surface area contributed by atoms with Crippen LogP contribution in [0, 0.1) is 0 Å². The van der Waals surface area contributed by atoms with Gasteiger partial charge in [-0.2, -0.15) is 0 Å². The predicted molar refractivity (Wildman–Crippen MR) is 108 cm³/mol. The van der Waals surface area contributed by atoms with Crippen molar-refractivity contribution >= 4 is 29.1 Å². The number of carbonyl (C=O) groups is 2. The Bertz CT molecular complexity index is 797. The summed E-state index contributed by atoms with van der Waals surface area (Å²) in [6.07, 6.45) is 0.832. The van der Waals surface area contributed by atoms with Crippen molar-refractivity contribution in [3.05, 3.63) is 65.2 Å². The van der Waals surface area contributed by atoms with E-state index >= 15 is 0 Å². The fourth-order valence-electron chi connectivity index (χ4n) is 3.23. The molecule has 2 aromatic rings. The Labute approximate surface area is 165 Å². The molecule has 0 aromatic heterocycles. The van der Waals surface area contributed by atoms with E-state index in [1.54, 1.807) is 24.1 Å². The Morgan fingerprint density at radius 3 is 2.41 bits per heavy atom. The van der Waals surface area contributed by atoms with E-state index in [0.717, 1.165) is 18.7 Å². The summed E-state index contributed by atoms with van der Waals surface area (Å²) in [6, 6.07) is 16.7.